The predicted octanol–water partition coefficient (Wildman–Crippen LogP) is 3.84. The SMILES string of the molecule is O=C(c1ccccc1)C12CCCC(CC1)C2. The fraction of sp³-hybridized carbons (Fsp3) is 0.533. The molecule has 2 fully saturated rings. The molecule has 2 aliphatic rings. The van der Waals surface area contributed by atoms with Gasteiger partial charge in [-0.25, -0.2) is 0 Å². The van der Waals surface area contributed by atoms with Crippen LogP contribution in [0.5, 0.6) is 0 Å². The van der Waals surface area contributed by atoms with Gasteiger partial charge in [-0.3, -0.25) is 4.79 Å². The molecule has 2 unspecified atom stereocenters. The summed E-state index contributed by atoms with van der Waals surface area (Å²) in [6.45, 7) is 0. The van der Waals surface area contributed by atoms with E-state index in [2.05, 4.69) is 0 Å². The third-order valence-corrected chi connectivity index (χ3v) is 4.50. The van der Waals surface area contributed by atoms with Crippen LogP contribution >= 0.6 is 0 Å². The average Bonchev–Trinajstić information content (AvgIpc) is 2.66. The van der Waals surface area contributed by atoms with Crippen LogP contribution < -0.4 is 0 Å². The van der Waals surface area contributed by atoms with Crippen LogP contribution in [0.25, 0.3) is 0 Å². The molecule has 2 saturated carbocycles. The van der Waals surface area contributed by atoms with Crippen LogP contribution in [0, 0.1) is 11.3 Å². The molecule has 0 aromatic heterocycles. The zero-order chi connectivity index (χ0) is 11.0. The molecule has 0 aliphatic heterocycles. The van der Waals surface area contributed by atoms with E-state index in [9.17, 15) is 4.79 Å². The first-order valence-electron chi connectivity index (χ1n) is 6.40. The smallest absolute Gasteiger partial charge is 0.169 e. The first-order chi connectivity index (χ1) is 7.80. The lowest BCUT2D eigenvalue weighted by Gasteiger charge is -2.31. The van der Waals surface area contributed by atoms with Crippen molar-refractivity contribution >= 4 is 5.78 Å². The molecule has 2 bridgehead atoms. The summed E-state index contributed by atoms with van der Waals surface area (Å²) in [7, 11) is 0. The van der Waals surface area contributed by atoms with Gasteiger partial charge >= 0.3 is 0 Å². The van der Waals surface area contributed by atoms with Crippen LogP contribution in [0.1, 0.15) is 48.9 Å². The first kappa shape index (κ1) is 10.1. The molecule has 1 nitrogen and oxygen atoms in total. The second kappa shape index (κ2) is 3.73. The molecule has 1 heteroatoms. The molecular weight excluding hydrogens is 196 g/mol. The summed E-state index contributed by atoms with van der Waals surface area (Å²) in [5, 5.41) is 0. The molecule has 0 radical (unpaired) electrons. The van der Waals surface area contributed by atoms with Crippen molar-refractivity contribution in [1.29, 1.82) is 0 Å². The van der Waals surface area contributed by atoms with E-state index < -0.39 is 0 Å². The van der Waals surface area contributed by atoms with E-state index in [1.165, 1.54) is 19.3 Å². The van der Waals surface area contributed by atoms with Crippen molar-refractivity contribution in [3.8, 4) is 0 Å². The van der Waals surface area contributed by atoms with Crippen LogP contribution in [-0.2, 0) is 0 Å². The third kappa shape index (κ3) is 1.50. The van der Waals surface area contributed by atoms with Gasteiger partial charge in [0.2, 0.25) is 0 Å². The minimum Gasteiger partial charge on any atom is -0.294 e. The lowest BCUT2D eigenvalue weighted by molar-refractivity contribution is 0.0744. The molecule has 0 spiro atoms. The lowest BCUT2D eigenvalue weighted by atomic mass is 9.71. The summed E-state index contributed by atoms with van der Waals surface area (Å²) < 4.78 is 0. The highest BCUT2D eigenvalue weighted by Crippen LogP contribution is 2.52. The van der Waals surface area contributed by atoms with Gasteiger partial charge in [-0.2, -0.15) is 0 Å². The molecule has 0 saturated heterocycles. The third-order valence-electron chi connectivity index (χ3n) is 4.50. The van der Waals surface area contributed by atoms with Gasteiger partial charge in [-0.05, 0) is 31.6 Å². The molecule has 3 rings (SSSR count). The molecule has 84 valence electrons. The highest BCUT2D eigenvalue weighted by molar-refractivity contribution is 6.00. The maximum absolute atomic E-state index is 12.6. The quantitative estimate of drug-likeness (QED) is 0.684. The van der Waals surface area contributed by atoms with Gasteiger partial charge in [0.1, 0.15) is 0 Å². The van der Waals surface area contributed by atoms with Gasteiger partial charge < -0.3 is 0 Å². The number of benzene rings is 1. The summed E-state index contributed by atoms with van der Waals surface area (Å²) in [6.07, 6.45) is 7.29. The summed E-state index contributed by atoms with van der Waals surface area (Å²) in [4.78, 5) is 12.6. The van der Waals surface area contributed by atoms with Gasteiger partial charge in [0.25, 0.3) is 0 Å². The van der Waals surface area contributed by atoms with E-state index in [0.717, 1.165) is 30.7 Å². The van der Waals surface area contributed by atoms with Gasteiger partial charge in [-0.15, -0.1) is 0 Å². The van der Waals surface area contributed by atoms with Gasteiger partial charge in [0.15, 0.2) is 5.78 Å². The Labute approximate surface area is 96.9 Å². The molecule has 1 aromatic carbocycles. The van der Waals surface area contributed by atoms with Gasteiger partial charge in [0, 0.05) is 11.0 Å². The number of hydrogen-bond acceptors (Lipinski definition) is 1. The largest absolute Gasteiger partial charge is 0.294 e. The van der Waals surface area contributed by atoms with E-state index in [4.69, 9.17) is 0 Å². The molecule has 0 amide bonds. The average molecular weight is 214 g/mol. The van der Waals surface area contributed by atoms with Crippen LogP contribution in [0.3, 0.4) is 0 Å². The number of carbonyl (C=O) groups is 1. The number of hydrogen-bond donors (Lipinski definition) is 0. The molecule has 2 atom stereocenters. The monoisotopic (exact) mass is 214 g/mol. The Kier molecular flexibility index (Phi) is 2.34. The Hall–Kier alpha value is -1.11. The van der Waals surface area contributed by atoms with Gasteiger partial charge in [0.05, 0.1) is 0 Å². The van der Waals surface area contributed by atoms with Crippen molar-refractivity contribution < 1.29 is 4.79 Å². The fourth-order valence-electron chi connectivity index (χ4n) is 3.66. The number of carbonyl (C=O) groups excluding carboxylic acids is 1. The van der Waals surface area contributed by atoms with Crippen molar-refractivity contribution in [2.24, 2.45) is 11.3 Å². The zero-order valence-corrected chi connectivity index (χ0v) is 9.61. The number of fused-ring (bicyclic) bond motifs is 2. The summed E-state index contributed by atoms with van der Waals surface area (Å²) >= 11 is 0. The zero-order valence-electron chi connectivity index (χ0n) is 9.61. The van der Waals surface area contributed by atoms with Crippen LogP contribution in [0.4, 0.5) is 0 Å². The molecule has 1 aromatic rings. The summed E-state index contributed by atoms with van der Waals surface area (Å²) in [5.41, 5.74) is 0.939. The van der Waals surface area contributed by atoms with E-state index in [1.54, 1.807) is 0 Å². The fourth-order valence-corrected chi connectivity index (χ4v) is 3.66. The highest BCUT2D eigenvalue weighted by Gasteiger charge is 2.47. The highest BCUT2D eigenvalue weighted by atomic mass is 16.1. The number of ketones is 1. The normalized spacial score (nSPS) is 32.6. The van der Waals surface area contributed by atoms with Crippen molar-refractivity contribution in [3.05, 3.63) is 35.9 Å². The molecular formula is C15H18O. The Morgan fingerprint density at radius 3 is 2.75 bits per heavy atom. The van der Waals surface area contributed by atoms with Crippen LogP contribution in [0.15, 0.2) is 30.3 Å². The van der Waals surface area contributed by atoms with E-state index in [1.807, 2.05) is 30.3 Å². The minimum absolute atomic E-state index is 0.0181. The summed E-state index contributed by atoms with van der Waals surface area (Å²) in [6, 6.07) is 9.86. The predicted molar refractivity (Wildman–Crippen MR) is 64.4 cm³/mol. The van der Waals surface area contributed by atoms with Crippen molar-refractivity contribution in [2.75, 3.05) is 0 Å². The standard InChI is InChI=1S/C15H18O/c16-14(13-6-2-1-3-7-13)15-9-4-5-12(11-15)8-10-15/h1-3,6-7,12H,4-5,8-11H2. The second-order valence-electron chi connectivity index (χ2n) is 5.48. The molecule has 2 aliphatic carbocycles. The topological polar surface area (TPSA) is 17.1 Å². The number of rotatable bonds is 2. The Balaban J connectivity index is 1.90. The van der Waals surface area contributed by atoms with E-state index >= 15 is 0 Å². The van der Waals surface area contributed by atoms with Crippen molar-refractivity contribution in [3.63, 3.8) is 0 Å². The summed E-state index contributed by atoms with van der Waals surface area (Å²) in [5.74, 6) is 1.25. The Bertz CT molecular complexity index is 391. The Morgan fingerprint density at radius 2 is 1.94 bits per heavy atom. The molecule has 0 N–H and O–H groups in total. The molecule has 0 heterocycles. The van der Waals surface area contributed by atoms with Crippen molar-refractivity contribution in [2.45, 2.75) is 38.5 Å². The van der Waals surface area contributed by atoms with E-state index in [-0.39, 0.29) is 5.41 Å². The van der Waals surface area contributed by atoms with Gasteiger partial charge in [-0.1, -0.05) is 43.2 Å². The maximum atomic E-state index is 12.6. The first-order valence-corrected chi connectivity index (χ1v) is 6.40. The van der Waals surface area contributed by atoms with Crippen LogP contribution in [0.2, 0.25) is 0 Å². The van der Waals surface area contributed by atoms with Crippen LogP contribution in [-0.4, -0.2) is 5.78 Å². The van der Waals surface area contributed by atoms with Crippen molar-refractivity contribution in [1.82, 2.24) is 0 Å². The number of Topliss-reactive ketones (excluding diaryl/α,β-unsaturated/α-hetero) is 1. The Morgan fingerprint density at radius 1 is 1.12 bits per heavy atom. The molecule has 16 heavy (non-hydrogen) atoms. The minimum atomic E-state index is 0.0181. The lowest BCUT2D eigenvalue weighted by Crippen LogP contribution is -2.30. The maximum Gasteiger partial charge on any atom is 0.169 e. The van der Waals surface area contributed by atoms with E-state index in [0.29, 0.717) is 5.78 Å². The second-order valence-corrected chi connectivity index (χ2v) is 5.48.